The van der Waals surface area contributed by atoms with Gasteiger partial charge in [-0.3, -0.25) is 17.9 Å². The van der Waals surface area contributed by atoms with Gasteiger partial charge < -0.3 is 10.6 Å². The standard InChI is InChI=1S/C15H28IN3O3/c1-4-17-13(11(2)20)8-9-15(22)18-10-6-5-7-14(19-16)12(3)21/h13-14,17,19H,4-10H2,1-3H3,(H,18,22)/t13-,14-/m0/s1. The number of Topliss-reactive ketones (excluding diaryl/α,β-unsaturated/α-hetero) is 2. The first-order valence-corrected chi connectivity index (χ1v) is 8.87. The van der Waals surface area contributed by atoms with E-state index >= 15 is 0 Å². The zero-order valence-corrected chi connectivity index (χ0v) is 15.9. The average Bonchev–Trinajstić information content (AvgIpc) is 2.46. The van der Waals surface area contributed by atoms with Crippen LogP contribution < -0.4 is 14.2 Å². The highest BCUT2D eigenvalue weighted by Gasteiger charge is 2.14. The lowest BCUT2D eigenvalue weighted by molar-refractivity contribution is -0.122. The Kier molecular flexibility index (Phi) is 12.6. The normalized spacial score (nSPS) is 13.5. The first-order valence-electron chi connectivity index (χ1n) is 7.79. The van der Waals surface area contributed by atoms with Crippen LogP contribution in [0.4, 0.5) is 0 Å². The number of unbranched alkanes of at least 4 members (excludes halogenated alkanes) is 1. The molecule has 3 N–H and O–H groups in total. The molecule has 0 aliphatic heterocycles. The van der Waals surface area contributed by atoms with Crippen molar-refractivity contribution < 1.29 is 14.4 Å². The smallest absolute Gasteiger partial charge is 0.220 e. The molecule has 7 heteroatoms. The fourth-order valence-electron chi connectivity index (χ4n) is 2.10. The molecular formula is C15H28IN3O3. The van der Waals surface area contributed by atoms with E-state index in [4.69, 9.17) is 0 Å². The van der Waals surface area contributed by atoms with E-state index in [2.05, 4.69) is 14.2 Å². The molecular weight excluding hydrogens is 397 g/mol. The number of carbonyl (C=O) groups is 3. The Morgan fingerprint density at radius 2 is 1.64 bits per heavy atom. The molecule has 0 rings (SSSR count). The van der Waals surface area contributed by atoms with Crippen molar-refractivity contribution in [2.75, 3.05) is 13.1 Å². The van der Waals surface area contributed by atoms with E-state index in [1.807, 2.05) is 29.8 Å². The van der Waals surface area contributed by atoms with Crippen LogP contribution >= 0.6 is 22.9 Å². The highest BCUT2D eigenvalue weighted by molar-refractivity contribution is 14.1. The zero-order valence-electron chi connectivity index (χ0n) is 13.7. The molecule has 0 fully saturated rings. The summed E-state index contributed by atoms with van der Waals surface area (Å²) in [5.74, 6) is 0.174. The van der Waals surface area contributed by atoms with Gasteiger partial charge in [0.2, 0.25) is 5.91 Å². The summed E-state index contributed by atoms with van der Waals surface area (Å²) in [6.07, 6.45) is 3.38. The quantitative estimate of drug-likeness (QED) is 0.237. The van der Waals surface area contributed by atoms with Crippen LogP contribution in [0.15, 0.2) is 0 Å². The molecule has 0 spiro atoms. The average molecular weight is 425 g/mol. The molecule has 0 aromatic carbocycles. The molecule has 0 radical (unpaired) electrons. The molecule has 0 bridgehead atoms. The largest absolute Gasteiger partial charge is 0.356 e. The van der Waals surface area contributed by atoms with Crippen molar-refractivity contribution in [3.05, 3.63) is 0 Å². The van der Waals surface area contributed by atoms with Crippen molar-refractivity contribution >= 4 is 40.3 Å². The van der Waals surface area contributed by atoms with Gasteiger partial charge in [-0.05, 0) is 46.1 Å². The lowest BCUT2D eigenvalue weighted by Gasteiger charge is -2.14. The highest BCUT2D eigenvalue weighted by Crippen LogP contribution is 2.04. The fourth-order valence-corrected chi connectivity index (χ4v) is 2.85. The van der Waals surface area contributed by atoms with Crippen molar-refractivity contribution in [1.82, 2.24) is 14.2 Å². The lowest BCUT2D eigenvalue weighted by atomic mass is 10.1. The summed E-state index contributed by atoms with van der Waals surface area (Å²) in [6, 6.07) is -0.338. The monoisotopic (exact) mass is 425 g/mol. The van der Waals surface area contributed by atoms with Crippen LogP contribution in [0.2, 0.25) is 0 Å². The van der Waals surface area contributed by atoms with Crippen molar-refractivity contribution in [1.29, 1.82) is 0 Å². The van der Waals surface area contributed by atoms with Gasteiger partial charge in [0.1, 0.15) is 11.6 Å². The number of hydrogen-bond donors (Lipinski definition) is 3. The van der Waals surface area contributed by atoms with E-state index in [-0.39, 0.29) is 29.6 Å². The molecule has 22 heavy (non-hydrogen) atoms. The molecule has 1 amide bonds. The Hall–Kier alpha value is -0.540. The van der Waals surface area contributed by atoms with Gasteiger partial charge >= 0.3 is 0 Å². The number of amides is 1. The summed E-state index contributed by atoms with van der Waals surface area (Å²) in [5, 5.41) is 5.93. The van der Waals surface area contributed by atoms with Gasteiger partial charge in [0.15, 0.2) is 0 Å². The van der Waals surface area contributed by atoms with Crippen LogP contribution in [0.1, 0.15) is 52.9 Å². The third-order valence-electron chi connectivity index (χ3n) is 3.47. The van der Waals surface area contributed by atoms with Crippen LogP contribution in [-0.4, -0.2) is 42.6 Å². The van der Waals surface area contributed by atoms with E-state index < -0.39 is 0 Å². The molecule has 0 aliphatic carbocycles. The maximum absolute atomic E-state index is 11.7. The van der Waals surface area contributed by atoms with Crippen molar-refractivity contribution in [3.8, 4) is 0 Å². The van der Waals surface area contributed by atoms with Gasteiger partial charge in [-0.2, -0.15) is 0 Å². The second-order valence-corrected chi connectivity index (χ2v) is 6.00. The van der Waals surface area contributed by atoms with Crippen LogP contribution in [0, 0.1) is 0 Å². The lowest BCUT2D eigenvalue weighted by Crippen LogP contribution is -2.36. The van der Waals surface area contributed by atoms with Crippen molar-refractivity contribution in [2.24, 2.45) is 0 Å². The molecule has 0 unspecified atom stereocenters. The molecule has 0 saturated heterocycles. The van der Waals surface area contributed by atoms with Crippen LogP contribution in [0.3, 0.4) is 0 Å². The Morgan fingerprint density at radius 3 is 2.14 bits per heavy atom. The minimum Gasteiger partial charge on any atom is -0.356 e. The molecule has 0 saturated carbocycles. The number of nitrogens with one attached hydrogen (secondary N) is 3. The third-order valence-corrected chi connectivity index (χ3v) is 4.22. The summed E-state index contributed by atoms with van der Waals surface area (Å²) >= 11 is 1.99. The topological polar surface area (TPSA) is 87.3 Å². The highest BCUT2D eigenvalue weighted by atomic mass is 127. The molecule has 0 aromatic rings. The summed E-state index contributed by atoms with van der Waals surface area (Å²) in [4.78, 5) is 34.3. The van der Waals surface area contributed by atoms with E-state index in [0.29, 0.717) is 25.9 Å². The fraction of sp³-hybridized carbons (Fsp3) is 0.800. The second kappa shape index (κ2) is 13.0. The van der Waals surface area contributed by atoms with Gasteiger partial charge in [0, 0.05) is 35.8 Å². The Balaban J connectivity index is 3.77. The van der Waals surface area contributed by atoms with Gasteiger partial charge in [0.25, 0.3) is 0 Å². The molecule has 128 valence electrons. The van der Waals surface area contributed by atoms with E-state index in [1.165, 1.54) is 6.92 Å². The SMILES string of the molecule is CCN[C@@H](CCC(=O)NCCCC[C@H](NI)C(C)=O)C(C)=O. The molecule has 0 aromatic heterocycles. The van der Waals surface area contributed by atoms with Gasteiger partial charge in [-0.1, -0.05) is 6.92 Å². The number of hydrogen-bond acceptors (Lipinski definition) is 5. The minimum atomic E-state index is -0.234. The Bertz CT molecular complexity index is 364. The van der Waals surface area contributed by atoms with Crippen molar-refractivity contribution in [3.63, 3.8) is 0 Å². The minimum absolute atomic E-state index is 0.0284. The Labute approximate surface area is 147 Å². The van der Waals surface area contributed by atoms with Gasteiger partial charge in [-0.25, -0.2) is 0 Å². The Morgan fingerprint density at radius 1 is 1.00 bits per heavy atom. The maximum atomic E-state index is 11.7. The zero-order chi connectivity index (χ0) is 17.0. The number of ketones is 2. The molecule has 0 heterocycles. The summed E-state index contributed by atoms with van der Waals surface area (Å²) in [5.41, 5.74) is 0. The first-order chi connectivity index (χ1) is 10.4. The van der Waals surface area contributed by atoms with E-state index in [1.54, 1.807) is 6.92 Å². The van der Waals surface area contributed by atoms with Crippen LogP contribution in [0.5, 0.6) is 0 Å². The van der Waals surface area contributed by atoms with Crippen LogP contribution in [0.25, 0.3) is 0 Å². The molecule has 6 nitrogen and oxygen atoms in total. The number of halogens is 1. The van der Waals surface area contributed by atoms with Crippen LogP contribution in [-0.2, 0) is 14.4 Å². The predicted molar refractivity (Wildman–Crippen MR) is 95.9 cm³/mol. The summed E-state index contributed by atoms with van der Waals surface area (Å²) < 4.78 is 2.95. The van der Waals surface area contributed by atoms with E-state index in [9.17, 15) is 14.4 Å². The maximum Gasteiger partial charge on any atom is 0.220 e. The third kappa shape index (κ3) is 10.2. The summed E-state index contributed by atoms with van der Waals surface area (Å²) in [7, 11) is 0. The molecule has 2 atom stereocenters. The first kappa shape index (κ1) is 21.5. The van der Waals surface area contributed by atoms with Crippen molar-refractivity contribution in [2.45, 2.75) is 65.0 Å². The number of carbonyl (C=O) groups excluding carboxylic acids is 3. The predicted octanol–water partition coefficient (Wildman–Crippen LogP) is 1.52. The second-order valence-electron chi connectivity index (χ2n) is 5.38. The summed E-state index contributed by atoms with van der Waals surface area (Å²) in [6.45, 7) is 6.38. The van der Waals surface area contributed by atoms with Gasteiger partial charge in [0.05, 0.1) is 12.1 Å². The number of likely N-dealkylation sites (N-methyl/N-ethyl adjacent to an activating group) is 1. The number of rotatable bonds is 13. The van der Waals surface area contributed by atoms with Gasteiger partial charge in [-0.15, -0.1) is 0 Å². The van der Waals surface area contributed by atoms with E-state index in [0.717, 1.165) is 19.3 Å². The molecule has 0 aliphatic rings.